The van der Waals surface area contributed by atoms with Gasteiger partial charge < -0.3 is 21.5 Å². The standard InChI is InChI=1S/C13H19N3O3/c14-7-1-2-8-15-11-5-3-10(4-6-11)13(19)16-9-12(17)18/h3-6,15H,1-2,7-9,14H2,(H,16,19)(H,17,18). The summed E-state index contributed by atoms with van der Waals surface area (Å²) in [6.45, 7) is 1.14. The highest BCUT2D eigenvalue weighted by Crippen LogP contribution is 2.09. The van der Waals surface area contributed by atoms with Crippen LogP contribution in [0.25, 0.3) is 0 Å². The van der Waals surface area contributed by atoms with Crippen LogP contribution in [0.1, 0.15) is 23.2 Å². The predicted molar refractivity (Wildman–Crippen MR) is 73.2 cm³/mol. The van der Waals surface area contributed by atoms with Gasteiger partial charge in [-0.2, -0.15) is 0 Å². The van der Waals surface area contributed by atoms with Crippen LogP contribution < -0.4 is 16.4 Å². The third-order valence-electron chi connectivity index (χ3n) is 2.51. The molecule has 0 unspecified atom stereocenters. The molecule has 0 aliphatic carbocycles. The van der Waals surface area contributed by atoms with Crippen molar-refractivity contribution in [1.82, 2.24) is 5.32 Å². The van der Waals surface area contributed by atoms with Crippen LogP contribution in [0.2, 0.25) is 0 Å². The average molecular weight is 265 g/mol. The summed E-state index contributed by atoms with van der Waals surface area (Å²) in [5.41, 5.74) is 6.76. The lowest BCUT2D eigenvalue weighted by atomic mass is 10.2. The van der Waals surface area contributed by atoms with E-state index in [1.807, 2.05) is 0 Å². The second kappa shape index (κ2) is 8.10. The molecule has 0 fully saturated rings. The lowest BCUT2D eigenvalue weighted by Gasteiger charge is -2.07. The molecule has 0 heterocycles. The van der Waals surface area contributed by atoms with Crippen LogP contribution in [-0.4, -0.2) is 36.6 Å². The smallest absolute Gasteiger partial charge is 0.322 e. The van der Waals surface area contributed by atoms with E-state index in [2.05, 4.69) is 10.6 Å². The Morgan fingerprint density at radius 1 is 1.16 bits per heavy atom. The van der Waals surface area contributed by atoms with Crippen LogP contribution in [-0.2, 0) is 4.79 Å². The predicted octanol–water partition coefficient (Wildman–Crippen LogP) is 0.652. The van der Waals surface area contributed by atoms with Crippen molar-refractivity contribution >= 4 is 17.6 Å². The largest absolute Gasteiger partial charge is 0.480 e. The van der Waals surface area contributed by atoms with Gasteiger partial charge in [-0.3, -0.25) is 9.59 Å². The molecule has 0 saturated carbocycles. The number of nitrogens with two attached hydrogens (primary N) is 1. The van der Waals surface area contributed by atoms with E-state index in [0.29, 0.717) is 12.1 Å². The number of carboxylic acid groups (broad SMARTS) is 1. The minimum atomic E-state index is -1.06. The van der Waals surface area contributed by atoms with Crippen LogP contribution in [0, 0.1) is 0 Å². The zero-order chi connectivity index (χ0) is 14.1. The fourth-order valence-corrected chi connectivity index (χ4v) is 1.50. The highest BCUT2D eigenvalue weighted by molar-refractivity contribution is 5.96. The van der Waals surface area contributed by atoms with Crippen LogP contribution in [0.15, 0.2) is 24.3 Å². The number of anilines is 1. The fourth-order valence-electron chi connectivity index (χ4n) is 1.50. The topological polar surface area (TPSA) is 104 Å². The van der Waals surface area contributed by atoms with Crippen molar-refractivity contribution in [2.24, 2.45) is 5.73 Å². The number of benzene rings is 1. The molecule has 0 aliphatic heterocycles. The normalized spacial score (nSPS) is 9.95. The summed E-state index contributed by atoms with van der Waals surface area (Å²) in [6, 6.07) is 6.89. The number of hydrogen-bond donors (Lipinski definition) is 4. The molecular formula is C13H19N3O3. The molecule has 1 rings (SSSR count). The summed E-state index contributed by atoms with van der Waals surface area (Å²) in [5, 5.41) is 14.0. The molecule has 0 aliphatic rings. The van der Waals surface area contributed by atoms with Gasteiger partial charge in [-0.05, 0) is 43.7 Å². The number of amides is 1. The van der Waals surface area contributed by atoms with Gasteiger partial charge in [0, 0.05) is 17.8 Å². The summed E-state index contributed by atoms with van der Waals surface area (Å²) in [4.78, 5) is 21.9. The summed E-state index contributed by atoms with van der Waals surface area (Å²) >= 11 is 0. The van der Waals surface area contributed by atoms with Crippen molar-refractivity contribution in [2.75, 3.05) is 25.0 Å². The molecule has 0 atom stereocenters. The quantitative estimate of drug-likeness (QED) is 0.517. The van der Waals surface area contributed by atoms with E-state index in [9.17, 15) is 9.59 Å². The number of aliphatic carboxylic acids is 1. The Morgan fingerprint density at radius 3 is 2.42 bits per heavy atom. The van der Waals surface area contributed by atoms with E-state index in [1.165, 1.54) is 0 Å². The Labute approximate surface area is 112 Å². The zero-order valence-corrected chi connectivity index (χ0v) is 10.7. The van der Waals surface area contributed by atoms with Crippen molar-refractivity contribution in [1.29, 1.82) is 0 Å². The van der Waals surface area contributed by atoms with E-state index in [-0.39, 0.29) is 6.54 Å². The molecule has 0 spiro atoms. The number of hydrogen-bond acceptors (Lipinski definition) is 4. The van der Waals surface area contributed by atoms with E-state index in [1.54, 1.807) is 24.3 Å². The van der Waals surface area contributed by atoms with Crippen LogP contribution in [0.5, 0.6) is 0 Å². The van der Waals surface area contributed by atoms with Crippen molar-refractivity contribution in [3.63, 3.8) is 0 Å². The molecule has 1 aromatic rings. The summed E-state index contributed by atoms with van der Waals surface area (Å²) < 4.78 is 0. The number of carboxylic acids is 1. The van der Waals surface area contributed by atoms with Gasteiger partial charge in [0.15, 0.2) is 0 Å². The van der Waals surface area contributed by atoms with Crippen molar-refractivity contribution in [3.05, 3.63) is 29.8 Å². The molecular weight excluding hydrogens is 246 g/mol. The molecule has 0 aromatic heterocycles. The Balaban J connectivity index is 2.42. The number of nitrogens with one attached hydrogen (secondary N) is 2. The van der Waals surface area contributed by atoms with Crippen molar-refractivity contribution in [2.45, 2.75) is 12.8 Å². The second-order valence-electron chi connectivity index (χ2n) is 4.08. The third kappa shape index (κ3) is 5.87. The highest BCUT2D eigenvalue weighted by Gasteiger charge is 2.06. The molecule has 0 bridgehead atoms. The van der Waals surface area contributed by atoms with Gasteiger partial charge in [-0.1, -0.05) is 0 Å². The molecule has 104 valence electrons. The maximum absolute atomic E-state index is 11.6. The third-order valence-corrected chi connectivity index (χ3v) is 2.51. The molecule has 6 nitrogen and oxygen atoms in total. The minimum Gasteiger partial charge on any atom is -0.480 e. The first-order valence-electron chi connectivity index (χ1n) is 6.17. The van der Waals surface area contributed by atoms with E-state index >= 15 is 0 Å². The number of carbonyl (C=O) groups excluding carboxylic acids is 1. The lowest BCUT2D eigenvalue weighted by Crippen LogP contribution is -2.29. The van der Waals surface area contributed by atoms with Crippen LogP contribution in [0.3, 0.4) is 0 Å². The van der Waals surface area contributed by atoms with Gasteiger partial charge in [-0.15, -0.1) is 0 Å². The van der Waals surface area contributed by atoms with Gasteiger partial charge >= 0.3 is 5.97 Å². The Morgan fingerprint density at radius 2 is 1.84 bits per heavy atom. The first kappa shape index (κ1) is 15.0. The lowest BCUT2D eigenvalue weighted by molar-refractivity contribution is -0.135. The molecule has 1 aromatic carbocycles. The Hall–Kier alpha value is -2.08. The Bertz CT molecular complexity index is 418. The fraction of sp³-hybridized carbons (Fsp3) is 0.385. The van der Waals surface area contributed by atoms with Crippen LogP contribution in [0.4, 0.5) is 5.69 Å². The second-order valence-corrected chi connectivity index (χ2v) is 4.08. The van der Waals surface area contributed by atoms with Crippen LogP contribution >= 0.6 is 0 Å². The average Bonchev–Trinajstić information content (AvgIpc) is 2.41. The molecule has 0 saturated heterocycles. The highest BCUT2D eigenvalue weighted by atomic mass is 16.4. The molecule has 5 N–H and O–H groups in total. The number of rotatable bonds is 8. The summed E-state index contributed by atoms with van der Waals surface area (Å²) in [7, 11) is 0. The molecule has 1 amide bonds. The monoisotopic (exact) mass is 265 g/mol. The SMILES string of the molecule is NCCCCNc1ccc(C(=O)NCC(=O)O)cc1. The zero-order valence-electron chi connectivity index (χ0n) is 10.7. The van der Waals surface area contributed by atoms with Gasteiger partial charge in [0.1, 0.15) is 6.54 Å². The van der Waals surface area contributed by atoms with Gasteiger partial charge in [0.2, 0.25) is 0 Å². The number of unbranched alkanes of at least 4 members (excludes halogenated alkanes) is 1. The van der Waals surface area contributed by atoms with Gasteiger partial charge in [0.25, 0.3) is 5.91 Å². The molecule has 19 heavy (non-hydrogen) atoms. The van der Waals surface area contributed by atoms with Crippen molar-refractivity contribution < 1.29 is 14.7 Å². The number of carbonyl (C=O) groups is 2. The van der Waals surface area contributed by atoms with E-state index < -0.39 is 11.9 Å². The van der Waals surface area contributed by atoms with Gasteiger partial charge in [-0.25, -0.2) is 0 Å². The van der Waals surface area contributed by atoms with Gasteiger partial charge in [0.05, 0.1) is 0 Å². The first-order valence-corrected chi connectivity index (χ1v) is 6.17. The molecule has 6 heteroatoms. The summed E-state index contributed by atoms with van der Waals surface area (Å²) in [5.74, 6) is -1.45. The first-order chi connectivity index (χ1) is 9.13. The van der Waals surface area contributed by atoms with E-state index in [0.717, 1.165) is 25.1 Å². The minimum absolute atomic E-state index is 0.377. The maximum Gasteiger partial charge on any atom is 0.322 e. The summed E-state index contributed by atoms with van der Waals surface area (Å²) in [6.07, 6.45) is 1.97. The maximum atomic E-state index is 11.6. The molecule has 0 radical (unpaired) electrons. The van der Waals surface area contributed by atoms with Crippen molar-refractivity contribution in [3.8, 4) is 0 Å². The Kier molecular flexibility index (Phi) is 6.38. The van der Waals surface area contributed by atoms with E-state index in [4.69, 9.17) is 10.8 Å².